The number of hydrogen-bond acceptors (Lipinski definition) is 2. The van der Waals surface area contributed by atoms with Gasteiger partial charge in [-0.2, -0.15) is 5.26 Å². The summed E-state index contributed by atoms with van der Waals surface area (Å²) < 4.78 is 0. The Labute approximate surface area is 130 Å². The molecule has 3 rings (SSSR count). The molecular weight excluding hydrogens is 307 g/mol. The van der Waals surface area contributed by atoms with Crippen LogP contribution in [0.25, 0.3) is 10.9 Å². The van der Waals surface area contributed by atoms with Crippen LogP contribution in [0.1, 0.15) is 21.5 Å². The molecule has 0 aliphatic heterocycles. The highest BCUT2D eigenvalue weighted by Crippen LogP contribution is 2.28. The number of carbonyl (C=O) groups excluding carboxylic acids is 1. The number of fused-ring (bicyclic) bond motifs is 1. The predicted molar refractivity (Wildman–Crippen MR) is 82.9 cm³/mol. The van der Waals surface area contributed by atoms with Crippen LogP contribution in [0.3, 0.4) is 0 Å². The molecule has 0 unspecified atom stereocenters. The van der Waals surface area contributed by atoms with Gasteiger partial charge in [0.15, 0.2) is 5.78 Å². The van der Waals surface area contributed by atoms with Crippen molar-refractivity contribution in [1.29, 1.82) is 5.26 Å². The Bertz CT molecular complexity index is 906. The summed E-state index contributed by atoms with van der Waals surface area (Å²) in [5.41, 5.74) is 1.90. The molecule has 3 nitrogen and oxygen atoms in total. The number of nitriles is 1. The topological polar surface area (TPSA) is 56.6 Å². The van der Waals surface area contributed by atoms with Gasteiger partial charge >= 0.3 is 0 Å². The number of hydrogen-bond donors (Lipinski definition) is 1. The minimum atomic E-state index is -0.267. The average molecular weight is 315 g/mol. The van der Waals surface area contributed by atoms with Gasteiger partial charge in [-0.1, -0.05) is 29.3 Å². The fourth-order valence-corrected chi connectivity index (χ4v) is 2.65. The summed E-state index contributed by atoms with van der Waals surface area (Å²) in [7, 11) is 0. The number of aromatic nitrogens is 1. The zero-order valence-electron chi connectivity index (χ0n) is 10.7. The number of benzene rings is 2. The van der Waals surface area contributed by atoms with Crippen molar-refractivity contribution in [1.82, 2.24) is 4.98 Å². The molecule has 2 aromatic carbocycles. The van der Waals surface area contributed by atoms with Crippen LogP contribution < -0.4 is 0 Å². The third kappa shape index (κ3) is 2.29. The highest BCUT2D eigenvalue weighted by molar-refractivity contribution is 6.37. The standard InChI is InChI=1S/C16H8Cl2N2O/c17-10-4-5-13(18)11(6-10)16(21)12-8-20-14-3-1-2-9(7-19)15(12)14/h1-6,8,20H. The Morgan fingerprint density at radius 3 is 2.71 bits per heavy atom. The van der Waals surface area contributed by atoms with E-state index in [2.05, 4.69) is 11.1 Å². The number of halogens is 2. The SMILES string of the molecule is N#Cc1cccc2[nH]cc(C(=O)c3cc(Cl)ccc3Cl)c12. The maximum absolute atomic E-state index is 12.7. The third-order valence-corrected chi connectivity index (χ3v) is 3.81. The van der Waals surface area contributed by atoms with Crippen molar-refractivity contribution in [2.24, 2.45) is 0 Å². The van der Waals surface area contributed by atoms with Crippen molar-refractivity contribution in [3.63, 3.8) is 0 Å². The van der Waals surface area contributed by atoms with Gasteiger partial charge in [-0.3, -0.25) is 4.79 Å². The van der Waals surface area contributed by atoms with Crippen LogP contribution in [-0.4, -0.2) is 10.8 Å². The first kappa shape index (κ1) is 13.7. The summed E-state index contributed by atoms with van der Waals surface area (Å²) in [5.74, 6) is -0.267. The van der Waals surface area contributed by atoms with Crippen LogP contribution in [0.5, 0.6) is 0 Å². The van der Waals surface area contributed by atoms with Gasteiger partial charge in [0.05, 0.1) is 16.7 Å². The van der Waals surface area contributed by atoms with Crippen molar-refractivity contribution in [2.75, 3.05) is 0 Å². The van der Waals surface area contributed by atoms with Crippen LogP contribution in [-0.2, 0) is 0 Å². The zero-order chi connectivity index (χ0) is 15.0. The molecule has 0 aliphatic carbocycles. The van der Waals surface area contributed by atoms with E-state index in [9.17, 15) is 10.1 Å². The molecule has 0 bridgehead atoms. The van der Waals surface area contributed by atoms with Gasteiger partial charge in [-0.05, 0) is 30.3 Å². The van der Waals surface area contributed by atoms with Gasteiger partial charge in [0.2, 0.25) is 0 Å². The van der Waals surface area contributed by atoms with Crippen molar-refractivity contribution < 1.29 is 4.79 Å². The Morgan fingerprint density at radius 2 is 1.95 bits per heavy atom. The monoisotopic (exact) mass is 314 g/mol. The molecule has 0 saturated heterocycles. The molecular formula is C16H8Cl2N2O. The highest BCUT2D eigenvalue weighted by Gasteiger charge is 2.19. The molecule has 0 spiro atoms. The van der Waals surface area contributed by atoms with E-state index in [1.54, 1.807) is 30.5 Å². The fraction of sp³-hybridized carbons (Fsp3) is 0. The Morgan fingerprint density at radius 1 is 1.14 bits per heavy atom. The second-order valence-electron chi connectivity index (χ2n) is 4.50. The van der Waals surface area contributed by atoms with E-state index in [1.165, 1.54) is 6.07 Å². The van der Waals surface area contributed by atoms with Gasteiger partial charge in [0.25, 0.3) is 0 Å². The van der Waals surface area contributed by atoms with Gasteiger partial charge in [0.1, 0.15) is 0 Å². The van der Waals surface area contributed by atoms with E-state index in [1.807, 2.05) is 6.07 Å². The summed E-state index contributed by atoms with van der Waals surface area (Å²) in [4.78, 5) is 15.7. The first-order valence-electron chi connectivity index (χ1n) is 6.12. The van der Waals surface area contributed by atoms with E-state index in [4.69, 9.17) is 23.2 Å². The van der Waals surface area contributed by atoms with Crippen molar-refractivity contribution in [3.05, 3.63) is 69.3 Å². The Hall–Kier alpha value is -2.28. The predicted octanol–water partition coefficient (Wildman–Crippen LogP) is 4.58. The maximum atomic E-state index is 12.7. The summed E-state index contributed by atoms with van der Waals surface area (Å²) >= 11 is 12.0. The third-order valence-electron chi connectivity index (χ3n) is 3.24. The first-order valence-corrected chi connectivity index (χ1v) is 6.87. The van der Waals surface area contributed by atoms with Crippen LogP contribution in [0, 0.1) is 11.3 Å². The molecule has 0 saturated carbocycles. The smallest absolute Gasteiger partial charge is 0.196 e. The number of nitrogens with zero attached hydrogens (tertiary/aromatic N) is 1. The first-order chi connectivity index (χ1) is 10.1. The van der Waals surface area contributed by atoms with Crippen LogP contribution >= 0.6 is 23.2 Å². The normalized spacial score (nSPS) is 10.5. The van der Waals surface area contributed by atoms with E-state index >= 15 is 0 Å². The molecule has 3 aromatic rings. The number of carbonyl (C=O) groups is 1. The highest BCUT2D eigenvalue weighted by atomic mass is 35.5. The van der Waals surface area contributed by atoms with Gasteiger partial charge in [-0.25, -0.2) is 0 Å². The number of ketones is 1. The van der Waals surface area contributed by atoms with Gasteiger partial charge in [0, 0.05) is 33.2 Å². The quantitative estimate of drug-likeness (QED) is 0.704. The average Bonchev–Trinajstić information content (AvgIpc) is 2.93. The maximum Gasteiger partial charge on any atom is 0.196 e. The molecule has 21 heavy (non-hydrogen) atoms. The Balaban J connectivity index is 2.24. The molecule has 5 heteroatoms. The number of nitrogens with one attached hydrogen (secondary N) is 1. The van der Waals surface area contributed by atoms with E-state index in [0.717, 1.165) is 5.52 Å². The lowest BCUT2D eigenvalue weighted by Gasteiger charge is -2.04. The second kappa shape index (κ2) is 5.25. The summed E-state index contributed by atoms with van der Waals surface area (Å²) in [5, 5.41) is 10.6. The fourth-order valence-electron chi connectivity index (χ4n) is 2.27. The largest absolute Gasteiger partial charge is 0.360 e. The molecule has 0 atom stereocenters. The molecule has 0 aliphatic rings. The van der Waals surface area contributed by atoms with E-state index in [0.29, 0.717) is 32.1 Å². The van der Waals surface area contributed by atoms with Crippen molar-refractivity contribution in [3.8, 4) is 6.07 Å². The number of aromatic amines is 1. The molecule has 1 N–H and O–H groups in total. The molecule has 1 heterocycles. The van der Waals surface area contributed by atoms with E-state index < -0.39 is 0 Å². The van der Waals surface area contributed by atoms with Crippen molar-refractivity contribution >= 4 is 39.9 Å². The summed E-state index contributed by atoms with van der Waals surface area (Å²) in [6.07, 6.45) is 1.59. The van der Waals surface area contributed by atoms with Crippen LogP contribution in [0.15, 0.2) is 42.6 Å². The van der Waals surface area contributed by atoms with Crippen LogP contribution in [0.2, 0.25) is 10.0 Å². The summed E-state index contributed by atoms with van der Waals surface area (Å²) in [6, 6.07) is 12.1. The zero-order valence-corrected chi connectivity index (χ0v) is 12.2. The molecule has 1 aromatic heterocycles. The Kier molecular flexibility index (Phi) is 3.42. The number of H-pyrrole nitrogens is 1. The lowest BCUT2D eigenvalue weighted by atomic mass is 10.00. The molecule has 0 fully saturated rings. The van der Waals surface area contributed by atoms with Gasteiger partial charge < -0.3 is 4.98 Å². The molecule has 0 amide bonds. The van der Waals surface area contributed by atoms with E-state index in [-0.39, 0.29) is 5.78 Å². The molecule has 0 radical (unpaired) electrons. The van der Waals surface area contributed by atoms with Crippen molar-refractivity contribution in [2.45, 2.75) is 0 Å². The lowest BCUT2D eigenvalue weighted by molar-refractivity contribution is 0.104. The minimum Gasteiger partial charge on any atom is -0.360 e. The number of rotatable bonds is 2. The van der Waals surface area contributed by atoms with Gasteiger partial charge in [-0.15, -0.1) is 0 Å². The summed E-state index contributed by atoms with van der Waals surface area (Å²) in [6.45, 7) is 0. The molecule has 102 valence electrons. The minimum absolute atomic E-state index is 0.267. The van der Waals surface area contributed by atoms with Crippen LogP contribution in [0.4, 0.5) is 0 Å². The lowest BCUT2D eigenvalue weighted by Crippen LogP contribution is -2.02. The second-order valence-corrected chi connectivity index (χ2v) is 5.34.